The Morgan fingerprint density at radius 2 is 2.15 bits per heavy atom. The van der Waals surface area contributed by atoms with Crippen LogP contribution in [0.5, 0.6) is 0 Å². The van der Waals surface area contributed by atoms with E-state index in [-0.39, 0.29) is 11.4 Å². The van der Waals surface area contributed by atoms with E-state index < -0.39 is 0 Å². The molecular weight excluding hydrogens is 165 g/mol. The summed E-state index contributed by atoms with van der Waals surface area (Å²) in [6, 6.07) is 5.07. The van der Waals surface area contributed by atoms with Gasteiger partial charge in [0.05, 0.1) is 0 Å². The fourth-order valence-electron chi connectivity index (χ4n) is 1.98. The number of hydrogen-bond acceptors (Lipinski definition) is 1. The molecule has 0 saturated carbocycles. The Bertz CT molecular complexity index is 331. The molecule has 1 heterocycles. The molecule has 1 N–H and O–H groups in total. The summed E-state index contributed by atoms with van der Waals surface area (Å²) in [5.74, 6) is -0.128. The zero-order chi connectivity index (χ0) is 9.47. The molecule has 0 unspecified atom stereocenters. The molecule has 0 atom stereocenters. The topological polar surface area (TPSA) is 12.0 Å². The van der Waals surface area contributed by atoms with Gasteiger partial charge in [-0.05, 0) is 50.1 Å². The SMILES string of the molecule is CC1(C)NCCc2cc(F)ccc21. The number of hydrogen-bond donors (Lipinski definition) is 1. The molecule has 1 aromatic rings. The van der Waals surface area contributed by atoms with Crippen LogP contribution < -0.4 is 5.32 Å². The second-order valence-electron chi connectivity index (χ2n) is 4.10. The van der Waals surface area contributed by atoms with Crippen LogP contribution in [0.2, 0.25) is 0 Å². The van der Waals surface area contributed by atoms with Crippen LogP contribution in [0.3, 0.4) is 0 Å². The molecule has 1 aliphatic heterocycles. The third-order valence-corrected chi connectivity index (χ3v) is 2.70. The van der Waals surface area contributed by atoms with Crippen molar-refractivity contribution in [2.24, 2.45) is 0 Å². The van der Waals surface area contributed by atoms with E-state index in [9.17, 15) is 4.39 Å². The monoisotopic (exact) mass is 179 g/mol. The van der Waals surface area contributed by atoms with Crippen LogP contribution in [0.4, 0.5) is 4.39 Å². The van der Waals surface area contributed by atoms with Gasteiger partial charge in [-0.25, -0.2) is 4.39 Å². The molecule has 0 fully saturated rings. The second-order valence-corrected chi connectivity index (χ2v) is 4.10. The van der Waals surface area contributed by atoms with Crippen molar-refractivity contribution in [1.82, 2.24) is 5.32 Å². The van der Waals surface area contributed by atoms with Crippen molar-refractivity contribution in [2.75, 3.05) is 6.54 Å². The van der Waals surface area contributed by atoms with Crippen molar-refractivity contribution >= 4 is 0 Å². The molecule has 13 heavy (non-hydrogen) atoms. The van der Waals surface area contributed by atoms with Gasteiger partial charge in [0.15, 0.2) is 0 Å². The predicted octanol–water partition coefficient (Wildman–Crippen LogP) is 2.21. The van der Waals surface area contributed by atoms with Crippen LogP contribution >= 0.6 is 0 Å². The highest BCUT2D eigenvalue weighted by Gasteiger charge is 2.26. The molecule has 0 aliphatic carbocycles. The van der Waals surface area contributed by atoms with Crippen molar-refractivity contribution in [1.29, 1.82) is 0 Å². The van der Waals surface area contributed by atoms with Crippen LogP contribution in [0.15, 0.2) is 18.2 Å². The molecular formula is C11H14FN. The Labute approximate surface area is 78.0 Å². The van der Waals surface area contributed by atoms with Gasteiger partial charge in [0.2, 0.25) is 0 Å². The van der Waals surface area contributed by atoms with Crippen LogP contribution in [-0.4, -0.2) is 6.54 Å². The molecule has 1 aliphatic rings. The molecule has 0 radical (unpaired) electrons. The van der Waals surface area contributed by atoms with Crippen molar-refractivity contribution in [3.05, 3.63) is 35.1 Å². The Kier molecular flexibility index (Phi) is 1.88. The zero-order valence-corrected chi connectivity index (χ0v) is 8.02. The largest absolute Gasteiger partial charge is 0.307 e. The molecule has 1 aromatic carbocycles. The number of nitrogens with one attached hydrogen (secondary N) is 1. The average molecular weight is 179 g/mol. The van der Waals surface area contributed by atoms with E-state index in [1.165, 1.54) is 11.6 Å². The molecule has 1 nitrogen and oxygen atoms in total. The first-order valence-electron chi connectivity index (χ1n) is 4.63. The summed E-state index contributed by atoms with van der Waals surface area (Å²) in [5, 5.41) is 3.41. The highest BCUT2D eigenvalue weighted by molar-refractivity contribution is 5.35. The van der Waals surface area contributed by atoms with Gasteiger partial charge in [-0.3, -0.25) is 0 Å². The summed E-state index contributed by atoms with van der Waals surface area (Å²) >= 11 is 0. The molecule has 70 valence electrons. The lowest BCUT2D eigenvalue weighted by Crippen LogP contribution is -2.42. The van der Waals surface area contributed by atoms with Gasteiger partial charge in [0.25, 0.3) is 0 Å². The first kappa shape index (κ1) is 8.70. The average Bonchev–Trinajstić information content (AvgIpc) is 2.02. The minimum Gasteiger partial charge on any atom is -0.307 e. The van der Waals surface area contributed by atoms with Gasteiger partial charge >= 0.3 is 0 Å². The Balaban J connectivity index is 2.53. The number of benzene rings is 1. The fourth-order valence-corrected chi connectivity index (χ4v) is 1.98. The lowest BCUT2D eigenvalue weighted by Gasteiger charge is -2.33. The van der Waals surface area contributed by atoms with Gasteiger partial charge in [0, 0.05) is 5.54 Å². The highest BCUT2D eigenvalue weighted by Crippen LogP contribution is 2.28. The van der Waals surface area contributed by atoms with Gasteiger partial charge < -0.3 is 5.32 Å². The first-order valence-corrected chi connectivity index (χ1v) is 4.63. The molecule has 0 amide bonds. The molecule has 0 bridgehead atoms. The van der Waals surface area contributed by atoms with Crippen LogP contribution in [-0.2, 0) is 12.0 Å². The van der Waals surface area contributed by atoms with E-state index in [0.717, 1.165) is 18.5 Å². The lowest BCUT2D eigenvalue weighted by atomic mass is 9.85. The third kappa shape index (κ3) is 1.46. The maximum Gasteiger partial charge on any atom is 0.123 e. The van der Waals surface area contributed by atoms with Gasteiger partial charge in [-0.15, -0.1) is 0 Å². The van der Waals surface area contributed by atoms with E-state index >= 15 is 0 Å². The van der Waals surface area contributed by atoms with E-state index in [0.29, 0.717) is 0 Å². The van der Waals surface area contributed by atoms with Gasteiger partial charge in [-0.2, -0.15) is 0 Å². The number of fused-ring (bicyclic) bond motifs is 1. The normalized spacial score (nSPS) is 19.6. The zero-order valence-electron chi connectivity index (χ0n) is 8.02. The Hall–Kier alpha value is -0.890. The van der Waals surface area contributed by atoms with E-state index in [1.807, 2.05) is 6.07 Å². The van der Waals surface area contributed by atoms with Gasteiger partial charge in [-0.1, -0.05) is 6.07 Å². The van der Waals surface area contributed by atoms with E-state index in [1.54, 1.807) is 6.07 Å². The molecule has 0 saturated heterocycles. The third-order valence-electron chi connectivity index (χ3n) is 2.70. The molecule has 2 heteroatoms. The maximum absolute atomic E-state index is 12.9. The summed E-state index contributed by atoms with van der Waals surface area (Å²) < 4.78 is 12.9. The van der Waals surface area contributed by atoms with Crippen molar-refractivity contribution < 1.29 is 4.39 Å². The van der Waals surface area contributed by atoms with Crippen molar-refractivity contribution in [2.45, 2.75) is 25.8 Å². The standard InChI is InChI=1S/C11H14FN/c1-11(2)10-4-3-9(12)7-8(10)5-6-13-11/h3-4,7,13H,5-6H2,1-2H3. The molecule has 2 rings (SSSR count). The predicted molar refractivity (Wildman–Crippen MR) is 51.1 cm³/mol. The van der Waals surface area contributed by atoms with Crippen LogP contribution in [0, 0.1) is 5.82 Å². The first-order chi connectivity index (χ1) is 6.09. The smallest absolute Gasteiger partial charge is 0.123 e. The van der Waals surface area contributed by atoms with Crippen LogP contribution in [0.25, 0.3) is 0 Å². The van der Waals surface area contributed by atoms with E-state index in [2.05, 4.69) is 19.2 Å². The summed E-state index contributed by atoms with van der Waals surface area (Å²) in [5.41, 5.74) is 2.35. The minimum absolute atomic E-state index is 0.0126. The van der Waals surface area contributed by atoms with Crippen molar-refractivity contribution in [3.63, 3.8) is 0 Å². The number of rotatable bonds is 0. The lowest BCUT2D eigenvalue weighted by molar-refractivity contribution is 0.381. The van der Waals surface area contributed by atoms with E-state index in [4.69, 9.17) is 0 Å². The minimum atomic E-state index is -0.128. The second kappa shape index (κ2) is 2.81. The maximum atomic E-state index is 12.9. The fraction of sp³-hybridized carbons (Fsp3) is 0.455. The summed E-state index contributed by atoms with van der Waals surface area (Å²) in [4.78, 5) is 0. The summed E-state index contributed by atoms with van der Waals surface area (Å²) in [6.07, 6.45) is 0.927. The Morgan fingerprint density at radius 1 is 1.38 bits per heavy atom. The quantitative estimate of drug-likeness (QED) is 0.644. The van der Waals surface area contributed by atoms with Gasteiger partial charge in [0.1, 0.15) is 5.82 Å². The van der Waals surface area contributed by atoms with Crippen molar-refractivity contribution in [3.8, 4) is 0 Å². The summed E-state index contributed by atoms with van der Waals surface area (Å²) in [6.45, 7) is 5.19. The number of halogens is 1. The molecule has 0 spiro atoms. The summed E-state index contributed by atoms with van der Waals surface area (Å²) in [7, 11) is 0. The van der Waals surface area contributed by atoms with Crippen LogP contribution in [0.1, 0.15) is 25.0 Å². The highest BCUT2D eigenvalue weighted by atomic mass is 19.1. The Morgan fingerprint density at radius 3 is 2.92 bits per heavy atom. The molecule has 0 aromatic heterocycles.